The monoisotopic (exact) mass is 480 g/mol. The van der Waals surface area contributed by atoms with Gasteiger partial charge in [0.1, 0.15) is 0 Å². The Morgan fingerprint density at radius 1 is 1.12 bits per heavy atom. The molecule has 0 fully saturated rings. The lowest BCUT2D eigenvalue weighted by Gasteiger charge is -2.20. The highest BCUT2D eigenvalue weighted by Gasteiger charge is 2.04. The molecule has 5 nitrogen and oxygen atoms in total. The summed E-state index contributed by atoms with van der Waals surface area (Å²) in [6.07, 6.45) is 1.64. The fourth-order valence-corrected chi connectivity index (χ4v) is 3.57. The number of rotatable bonds is 8. The number of hydrazone groups is 1. The summed E-state index contributed by atoms with van der Waals surface area (Å²) in [6.45, 7) is 6.35. The lowest BCUT2D eigenvalue weighted by atomic mass is 10.2. The second kappa shape index (κ2) is 10.3. The molecule has 0 saturated carbocycles. The Kier molecular flexibility index (Phi) is 8.12. The molecule has 2 rings (SSSR count). The second-order valence-corrected chi connectivity index (χ2v) is 7.30. The molecule has 0 aliphatic heterocycles. The van der Waals surface area contributed by atoms with Gasteiger partial charge in [-0.15, -0.1) is 0 Å². The van der Waals surface area contributed by atoms with Gasteiger partial charge in [-0.2, -0.15) is 5.10 Å². The van der Waals surface area contributed by atoms with E-state index in [9.17, 15) is 4.79 Å². The minimum absolute atomic E-state index is 0.137. The van der Waals surface area contributed by atoms with Crippen molar-refractivity contribution in [2.45, 2.75) is 13.8 Å². The first-order valence-corrected chi connectivity index (χ1v) is 9.98. The second-order valence-electron chi connectivity index (χ2n) is 5.53. The third-order valence-corrected chi connectivity index (χ3v) is 4.94. The zero-order chi connectivity index (χ0) is 18.9. The molecule has 0 aliphatic rings. The first kappa shape index (κ1) is 20.5. The van der Waals surface area contributed by atoms with Crippen molar-refractivity contribution in [1.82, 2.24) is 5.43 Å². The number of anilines is 2. The minimum Gasteiger partial charge on any atom is -0.375 e. The van der Waals surface area contributed by atoms with E-state index in [1.807, 2.05) is 30.3 Å². The molecule has 0 spiro atoms. The Bertz CT molecular complexity index is 759. The molecule has 0 heterocycles. The van der Waals surface area contributed by atoms with Crippen LogP contribution < -0.4 is 15.6 Å². The number of benzene rings is 2. The molecule has 7 heteroatoms. The summed E-state index contributed by atoms with van der Waals surface area (Å²) >= 11 is 6.84. The minimum atomic E-state index is -0.212. The fraction of sp³-hybridized carbons (Fsp3) is 0.263. The predicted octanol–water partition coefficient (Wildman–Crippen LogP) is 4.62. The average molecular weight is 482 g/mol. The van der Waals surface area contributed by atoms with Gasteiger partial charge in [0.05, 0.1) is 12.8 Å². The summed E-state index contributed by atoms with van der Waals surface area (Å²) in [7, 11) is 0. The van der Waals surface area contributed by atoms with E-state index in [2.05, 4.69) is 78.6 Å². The SMILES string of the molecule is CCN(CC)c1ccc(/C=N\NC(=O)CNc2ccc(Br)cc2Br)cc1. The molecule has 26 heavy (non-hydrogen) atoms. The van der Waals surface area contributed by atoms with Crippen LogP contribution >= 0.6 is 31.9 Å². The van der Waals surface area contributed by atoms with Crippen molar-refractivity contribution in [1.29, 1.82) is 0 Å². The Hall–Kier alpha value is -1.86. The molecule has 2 aromatic rings. The van der Waals surface area contributed by atoms with Gasteiger partial charge in [0, 0.05) is 33.4 Å². The summed E-state index contributed by atoms with van der Waals surface area (Å²) in [5, 5.41) is 7.07. The lowest BCUT2D eigenvalue weighted by molar-refractivity contribution is -0.119. The third kappa shape index (κ3) is 6.14. The maximum Gasteiger partial charge on any atom is 0.259 e. The van der Waals surface area contributed by atoms with Crippen LogP contribution in [0.25, 0.3) is 0 Å². The summed E-state index contributed by atoms with van der Waals surface area (Å²) in [5.74, 6) is -0.212. The molecule has 2 N–H and O–H groups in total. The highest BCUT2D eigenvalue weighted by molar-refractivity contribution is 9.11. The Balaban J connectivity index is 1.83. The zero-order valence-corrected chi connectivity index (χ0v) is 18.0. The number of carbonyl (C=O) groups excluding carboxylic acids is 1. The summed E-state index contributed by atoms with van der Waals surface area (Å²) in [4.78, 5) is 14.2. The first-order chi connectivity index (χ1) is 12.5. The molecule has 0 bridgehead atoms. The van der Waals surface area contributed by atoms with E-state index in [-0.39, 0.29) is 12.5 Å². The van der Waals surface area contributed by atoms with E-state index < -0.39 is 0 Å². The van der Waals surface area contributed by atoms with Gasteiger partial charge in [-0.25, -0.2) is 5.43 Å². The normalized spacial score (nSPS) is 10.8. The van der Waals surface area contributed by atoms with E-state index >= 15 is 0 Å². The fourth-order valence-electron chi connectivity index (χ4n) is 2.39. The molecule has 0 atom stereocenters. The Labute approximate surface area is 171 Å². The first-order valence-electron chi connectivity index (χ1n) is 8.39. The summed E-state index contributed by atoms with van der Waals surface area (Å²) < 4.78 is 1.85. The van der Waals surface area contributed by atoms with Crippen LogP contribution in [0.2, 0.25) is 0 Å². The largest absolute Gasteiger partial charge is 0.375 e. The van der Waals surface area contributed by atoms with Gasteiger partial charge >= 0.3 is 0 Å². The van der Waals surface area contributed by atoms with Crippen molar-refractivity contribution in [3.05, 3.63) is 57.0 Å². The van der Waals surface area contributed by atoms with Gasteiger partial charge in [-0.05, 0) is 65.7 Å². The predicted molar refractivity (Wildman–Crippen MR) is 116 cm³/mol. The van der Waals surface area contributed by atoms with Crippen LogP contribution in [0.3, 0.4) is 0 Å². The smallest absolute Gasteiger partial charge is 0.259 e. The average Bonchev–Trinajstić information content (AvgIpc) is 2.63. The topological polar surface area (TPSA) is 56.7 Å². The van der Waals surface area contributed by atoms with E-state index in [1.54, 1.807) is 6.21 Å². The van der Waals surface area contributed by atoms with Gasteiger partial charge in [0.25, 0.3) is 5.91 Å². The highest BCUT2D eigenvalue weighted by atomic mass is 79.9. The van der Waals surface area contributed by atoms with Crippen molar-refractivity contribution in [3.8, 4) is 0 Å². The van der Waals surface area contributed by atoms with Crippen LogP contribution in [-0.4, -0.2) is 31.8 Å². The molecule has 1 amide bonds. The number of hydrogen-bond donors (Lipinski definition) is 2. The lowest BCUT2D eigenvalue weighted by Crippen LogP contribution is -2.26. The molecule has 138 valence electrons. The highest BCUT2D eigenvalue weighted by Crippen LogP contribution is 2.25. The number of nitrogens with zero attached hydrogens (tertiary/aromatic N) is 2. The molecular weight excluding hydrogens is 460 g/mol. The van der Waals surface area contributed by atoms with Gasteiger partial charge in [-0.1, -0.05) is 28.1 Å². The molecule has 0 aromatic heterocycles. The number of hydrogen-bond acceptors (Lipinski definition) is 4. The molecule has 2 aromatic carbocycles. The van der Waals surface area contributed by atoms with E-state index in [0.29, 0.717) is 0 Å². The van der Waals surface area contributed by atoms with Crippen molar-refractivity contribution in [3.63, 3.8) is 0 Å². The number of carbonyl (C=O) groups is 1. The van der Waals surface area contributed by atoms with Crippen molar-refractivity contribution in [2.24, 2.45) is 5.10 Å². The molecule has 0 saturated heterocycles. The quantitative estimate of drug-likeness (QED) is 0.427. The van der Waals surface area contributed by atoms with Gasteiger partial charge < -0.3 is 10.2 Å². The van der Waals surface area contributed by atoms with E-state index in [0.717, 1.165) is 33.3 Å². The van der Waals surface area contributed by atoms with Crippen LogP contribution in [-0.2, 0) is 4.79 Å². The van der Waals surface area contributed by atoms with E-state index in [1.165, 1.54) is 5.69 Å². The molecular formula is C19H22Br2N4O. The number of halogens is 2. The van der Waals surface area contributed by atoms with Gasteiger partial charge in [0.2, 0.25) is 0 Å². The van der Waals surface area contributed by atoms with Crippen LogP contribution in [0.1, 0.15) is 19.4 Å². The third-order valence-electron chi connectivity index (χ3n) is 3.80. The molecule has 0 aliphatic carbocycles. The van der Waals surface area contributed by atoms with Crippen LogP contribution in [0, 0.1) is 0 Å². The Morgan fingerprint density at radius 2 is 1.81 bits per heavy atom. The number of amides is 1. The van der Waals surface area contributed by atoms with Crippen LogP contribution in [0.5, 0.6) is 0 Å². The molecule has 0 unspecified atom stereocenters. The van der Waals surface area contributed by atoms with Crippen molar-refractivity contribution >= 4 is 55.4 Å². The molecule has 0 radical (unpaired) electrons. The number of nitrogens with one attached hydrogen (secondary N) is 2. The maximum absolute atomic E-state index is 11.9. The van der Waals surface area contributed by atoms with Crippen molar-refractivity contribution in [2.75, 3.05) is 29.9 Å². The summed E-state index contributed by atoms with van der Waals surface area (Å²) in [6, 6.07) is 13.8. The van der Waals surface area contributed by atoms with Crippen LogP contribution in [0.4, 0.5) is 11.4 Å². The zero-order valence-electron chi connectivity index (χ0n) is 14.8. The maximum atomic E-state index is 11.9. The van der Waals surface area contributed by atoms with Crippen LogP contribution in [0.15, 0.2) is 56.5 Å². The van der Waals surface area contributed by atoms with E-state index in [4.69, 9.17) is 0 Å². The van der Waals surface area contributed by atoms with Gasteiger partial charge in [-0.3, -0.25) is 4.79 Å². The summed E-state index contributed by atoms with van der Waals surface area (Å²) in [5.41, 5.74) is 5.49. The standard InChI is InChI=1S/C19H22Br2N4O/c1-3-25(4-2)16-8-5-14(6-9-16)12-23-24-19(26)13-22-18-10-7-15(20)11-17(18)21/h5-12,22H,3-4,13H2,1-2H3,(H,24,26)/b23-12-. The van der Waals surface area contributed by atoms with Gasteiger partial charge in [0.15, 0.2) is 0 Å². The van der Waals surface area contributed by atoms with Crippen molar-refractivity contribution < 1.29 is 4.79 Å². The Morgan fingerprint density at radius 3 is 2.42 bits per heavy atom.